The zero-order valence-electron chi connectivity index (χ0n) is 22.3. The molecule has 0 radical (unpaired) electrons. The van der Waals surface area contributed by atoms with Crippen LogP contribution in [0.15, 0.2) is 143 Å². The third-order valence-corrected chi connectivity index (χ3v) is 7.90. The monoisotopic (exact) mass is 542 g/mol. The van der Waals surface area contributed by atoms with Crippen molar-refractivity contribution in [1.82, 2.24) is 19.6 Å². The number of benzene rings is 5. The van der Waals surface area contributed by atoms with Gasteiger partial charge >= 0.3 is 0 Å². The van der Waals surface area contributed by atoms with Gasteiger partial charge < -0.3 is 8.83 Å². The Hall–Kier alpha value is -5.88. The van der Waals surface area contributed by atoms with Gasteiger partial charge in [-0.25, -0.2) is 9.36 Å². The van der Waals surface area contributed by atoms with Crippen LogP contribution in [0.3, 0.4) is 0 Å². The van der Waals surface area contributed by atoms with Crippen LogP contribution in [0.2, 0.25) is 0 Å². The number of aromatic nitrogens is 4. The molecule has 0 atom stereocenters. The van der Waals surface area contributed by atoms with Gasteiger partial charge in [0.2, 0.25) is 0 Å². The van der Waals surface area contributed by atoms with Gasteiger partial charge in [0, 0.05) is 45.1 Å². The first-order valence-corrected chi connectivity index (χ1v) is 13.8. The first kappa shape index (κ1) is 22.9. The van der Waals surface area contributed by atoms with Crippen molar-refractivity contribution in [3.05, 3.63) is 134 Å². The van der Waals surface area contributed by atoms with Crippen LogP contribution >= 0.6 is 0 Å². The third-order valence-electron chi connectivity index (χ3n) is 7.90. The van der Waals surface area contributed by atoms with E-state index < -0.39 is 0 Å². The Morgan fingerprint density at radius 2 is 0.833 bits per heavy atom. The Balaban J connectivity index is 1.08. The van der Waals surface area contributed by atoms with Crippen molar-refractivity contribution in [3.63, 3.8) is 0 Å². The van der Waals surface area contributed by atoms with Gasteiger partial charge in [0.05, 0.1) is 22.8 Å². The number of hydrogen-bond donors (Lipinski definition) is 0. The van der Waals surface area contributed by atoms with Gasteiger partial charge in [0.1, 0.15) is 22.3 Å². The highest BCUT2D eigenvalue weighted by Crippen LogP contribution is 2.34. The lowest BCUT2D eigenvalue weighted by Gasteiger charge is -2.09. The molecular weight excluding hydrogens is 520 g/mol. The molecule has 4 aromatic heterocycles. The summed E-state index contributed by atoms with van der Waals surface area (Å²) in [4.78, 5) is 0. The SMILES string of the molecule is c1ccc(-n2ccc(-c3ccc4oc5ccccc5c4c3)n2)c(-n2ccc(-c3ccc4oc5ccccc5c4c3)n2)c1. The molecule has 0 unspecified atom stereocenters. The van der Waals surface area contributed by atoms with Gasteiger partial charge in [-0.2, -0.15) is 10.2 Å². The largest absolute Gasteiger partial charge is 0.456 e. The third kappa shape index (κ3) is 3.52. The normalized spacial score (nSPS) is 11.8. The van der Waals surface area contributed by atoms with E-state index in [-0.39, 0.29) is 0 Å². The Morgan fingerprint density at radius 3 is 1.33 bits per heavy atom. The predicted molar refractivity (Wildman–Crippen MR) is 166 cm³/mol. The van der Waals surface area contributed by atoms with Crippen LogP contribution in [-0.2, 0) is 0 Å². The Kier molecular flexibility index (Phi) is 4.80. The molecular formula is C36H22N4O2. The quantitative estimate of drug-likeness (QED) is 0.222. The summed E-state index contributed by atoms with van der Waals surface area (Å²) in [5, 5.41) is 14.3. The van der Waals surface area contributed by atoms with Crippen LogP contribution in [0.5, 0.6) is 0 Å². The van der Waals surface area contributed by atoms with Gasteiger partial charge in [0.25, 0.3) is 0 Å². The zero-order chi connectivity index (χ0) is 27.6. The van der Waals surface area contributed by atoms with Crippen LogP contribution in [0.25, 0.3) is 77.8 Å². The van der Waals surface area contributed by atoms with Gasteiger partial charge in [0.15, 0.2) is 0 Å². The smallest absolute Gasteiger partial charge is 0.135 e. The van der Waals surface area contributed by atoms with Gasteiger partial charge in [-0.05, 0) is 72.8 Å². The maximum absolute atomic E-state index is 6.01. The van der Waals surface area contributed by atoms with Gasteiger partial charge in [-0.15, -0.1) is 0 Å². The number of hydrogen-bond acceptors (Lipinski definition) is 4. The van der Waals surface area contributed by atoms with Crippen LogP contribution in [0.1, 0.15) is 0 Å². The van der Waals surface area contributed by atoms with E-state index in [4.69, 9.17) is 19.0 Å². The van der Waals surface area contributed by atoms with Crippen LogP contribution < -0.4 is 0 Å². The fourth-order valence-electron chi connectivity index (χ4n) is 5.85. The van der Waals surface area contributed by atoms with Crippen molar-refractivity contribution in [3.8, 4) is 33.9 Å². The standard InChI is InChI=1S/C36H22N4O2/c1-5-11-33-25(7-1)27-21-23(13-15-35(27)41-33)29-17-19-39(37-29)31-9-3-4-10-32(31)40-20-18-30(38-40)24-14-16-36-28(22-24)26-8-2-6-12-34(26)42-36/h1-22H. The molecule has 42 heavy (non-hydrogen) atoms. The van der Waals surface area contributed by atoms with Crippen molar-refractivity contribution in [1.29, 1.82) is 0 Å². The molecule has 0 aliphatic rings. The fraction of sp³-hybridized carbons (Fsp3) is 0. The van der Waals surface area contributed by atoms with Crippen molar-refractivity contribution in [2.24, 2.45) is 0 Å². The van der Waals surface area contributed by atoms with E-state index in [0.717, 1.165) is 77.8 Å². The summed E-state index contributed by atoms with van der Waals surface area (Å²) in [5.41, 5.74) is 9.24. The second-order valence-corrected chi connectivity index (χ2v) is 10.4. The minimum absolute atomic E-state index is 0.874. The molecule has 0 fully saturated rings. The maximum Gasteiger partial charge on any atom is 0.135 e. The molecule has 0 aliphatic carbocycles. The van der Waals surface area contributed by atoms with E-state index in [2.05, 4.69) is 48.5 Å². The number of para-hydroxylation sites is 4. The second kappa shape index (κ2) is 8.81. The lowest BCUT2D eigenvalue weighted by atomic mass is 10.1. The maximum atomic E-state index is 6.01. The average molecular weight is 543 g/mol. The van der Waals surface area contributed by atoms with Crippen molar-refractivity contribution in [2.45, 2.75) is 0 Å². The molecule has 9 aromatic rings. The van der Waals surface area contributed by atoms with Crippen molar-refractivity contribution >= 4 is 43.9 Å². The molecule has 9 rings (SSSR count). The highest BCUT2D eigenvalue weighted by molar-refractivity contribution is 6.07. The number of furan rings is 2. The first-order valence-electron chi connectivity index (χ1n) is 13.8. The minimum Gasteiger partial charge on any atom is -0.456 e. The van der Waals surface area contributed by atoms with E-state index in [1.165, 1.54) is 0 Å². The molecule has 0 bridgehead atoms. The van der Waals surface area contributed by atoms with E-state index in [9.17, 15) is 0 Å². The van der Waals surface area contributed by atoms with E-state index in [1.54, 1.807) is 0 Å². The molecule has 0 N–H and O–H groups in total. The van der Waals surface area contributed by atoms with Crippen LogP contribution in [0.4, 0.5) is 0 Å². The summed E-state index contributed by atoms with van der Waals surface area (Å²) in [5.74, 6) is 0. The second-order valence-electron chi connectivity index (χ2n) is 10.4. The van der Waals surface area contributed by atoms with E-state index in [0.29, 0.717) is 0 Å². The molecule has 0 spiro atoms. The van der Waals surface area contributed by atoms with Crippen LogP contribution in [-0.4, -0.2) is 19.6 Å². The Bertz CT molecular complexity index is 2270. The molecule has 0 saturated heterocycles. The molecule has 0 amide bonds. The Labute approximate surface area is 239 Å². The Morgan fingerprint density at radius 1 is 0.405 bits per heavy atom. The molecule has 5 aromatic carbocycles. The van der Waals surface area contributed by atoms with Crippen LogP contribution in [0, 0.1) is 0 Å². The highest BCUT2D eigenvalue weighted by atomic mass is 16.3. The molecule has 198 valence electrons. The summed E-state index contributed by atoms with van der Waals surface area (Å²) < 4.78 is 15.8. The molecule has 6 heteroatoms. The van der Waals surface area contributed by atoms with E-state index in [1.807, 2.05) is 94.6 Å². The van der Waals surface area contributed by atoms with E-state index >= 15 is 0 Å². The predicted octanol–water partition coefficient (Wildman–Crippen LogP) is 9.19. The van der Waals surface area contributed by atoms with Gasteiger partial charge in [-0.3, -0.25) is 0 Å². The summed E-state index contributed by atoms with van der Waals surface area (Å²) in [6, 6.07) is 40.9. The summed E-state index contributed by atoms with van der Waals surface area (Å²) in [6.07, 6.45) is 3.99. The summed E-state index contributed by atoms with van der Waals surface area (Å²) >= 11 is 0. The number of fused-ring (bicyclic) bond motifs is 6. The minimum atomic E-state index is 0.874. The topological polar surface area (TPSA) is 61.9 Å². The van der Waals surface area contributed by atoms with Crippen molar-refractivity contribution < 1.29 is 8.83 Å². The molecule has 0 saturated carbocycles. The highest BCUT2D eigenvalue weighted by Gasteiger charge is 2.14. The van der Waals surface area contributed by atoms with Gasteiger partial charge in [-0.1, -0.05) is 48.5 Å². The summed E-state index contributed by atoms with van der Waals surface area (Å²) in [7, 11) is 0. The molecule has 6 nitrogen and oxygen atoms in total. The zero-order valence-corrected chi connectivity index (χ0v) is 22.3. The molecule has 4 heterocycles. The fourth-order valence-corrected chi connectivity index (χ4v) is 5.85. The average Bonchev–Trinajstić information content (AvgIpc) is 3.85. The summed E-state index contributed by atoms with van der Waals surface area (Å²) in [6.45, 7) is 0. The lowest BCUT2D eigenvalue weighted by Crippen LogP contribution is -2.04. The lowest BCUT2D eigenvalue weighted by molar-refractivity contribution is 0.668. The number of nitrogens with zero attached hydrogens (tertiary/aromatic N) is 4. The molecule has 0 aliphatic heterocycles. The van der Waals surface area contributed by atoms with Crippen molar-refractivity contribution in [2.75, 3.05) is 0 Å². The number of rotatable bonds is 4. The first-order chi connectivity index (χ1) is 20.8.